The minimum atomic E-state index is -3.73. The third-order valence-electron chi connectivity index (χ3n) is 9.97. The highest BCUT2D eigenvalue weighted by Gasteiger charge is 2.40. The van der Waals surface area contributed by atoms with E-state index >= 15 is 0 Å². The van der Waals surface area contributed by atoms with E-state index in [1.165, 1.54) is 52.8 Å². The number of aliphatic hydroxyl groups is 1. The largest absolute Gasteiger partial charge is 0.415 e. The summed E-state index contributed by atoms with van der Waals surface area (Å²) in [5, 5.41) is 14.0. The van der Waals surface area contributed by atoms with Crippen molar-refractivity contribution in [1.29, 1.82) is 0 Å². The van der Waals surface area contributed by atoms with Crippen LogP contribution in [0.5, 0.6) is 0 Å². The first-order valence-corrected chi connectivity index (χ1v) is 24.1. The molecule has 0 fully saturated rings. The van der Waals surface area contributed by atoms with Gasteiger partial charge in [-0.1, -0.05) is 56.1 Å². The normalized spacial score (nSPS) is 16.0. The molecule has 57 heavy (non-hydrogen) atoms. The number of carbonyl (C=O) groups is 2. The van der Waals surface area contributed by atoms with E-state index in [1.54, 1.807) is 12.1 Å². The summed E-state index contributed by atoms with van der Waals surface area (Å²) in [7, 11) is -9.46. The Bertz CT molecular complexity index is 2430. The maximum absolute atomic E-state index is 13.4. The molecule has 0 radical (unpaired) electrons. The second-order valence-electron chi connectivity index (χ2n) is 14.7. The van der Waals surface area contributed by atoms with Gasteiger partial charge in [0.25, 0.3) is 11.8 Å². The Labute approximate surface area is 342 Å². The zero-order valence-electron chi connectivity index (χ0n) is 31.7. The lowest BCUT2D eigenvalue weighted by Gasteiger charge is -2.36. The number of aliphatic hydroxyl groups excluding tert-OH is 1. The fraction of sp³-hybridized carbons (Fsp3) is 0.316. The van der Waals surface area contributed by atoms with Gasteiger partial charge in [-0.2, -0.15) is 8.61 Å². The number of hydrogen-bond acceptors (Lipinski definition) is 8. The average molecular weight is 884 g/mol. The summed E-state index contributed by atoms with van der Waals surface area (Å²) in [6.45, 7) is 10.8. The Morgan fingerprint density at radius 3 is 1.56 bits per heavy atom. The van der Waals surface area contributed by atoms with Crippen LogP contribution in [0.4, 0.5) is 20.2 Å². The van der Waals surface area contributed by atoms with Gasteiger partial charge in [-0.3, -0.25) is 9.59 Å². The Balaban J connectivity index is 0.000000224. The van der Waals surface area contributed by atoms with Gasteiger partial charge in [0, 0.05) is 66.4 Å². The quantitative estimate of drug-likeness (QED) is 0.138. The Morgan fingerprint density at radius 1 is 0.754 bits per heavy atom. The molecule has 0 saturated carbocycles. The van der Waals surface area contributed by atoms with Gasteiger partial charge in [0.05, 0.1) is 26.4 Å². The molecule has 2 aliphatic rings. The zero-order valence-corrected chi connectivity index (χ0v) is 35.8. The van der Waals surface area contributed by atoms with Crippen LogP contribution in [0.2, 0.25) is 28.2 Å². The molecular weight excluding hydrogens is 842 g/mol. The summed E-state index contributed by atoms with van der Waals surface area (Å²) in [6, 6.07) is 16.6. The lowest BCUT2D eigenvalue weighted by molar-refractivity contribution is 0.101. The van der Waals surface area contributed by atoms with Gasteiger partial charge >= 0.3 is 0 Å². The topological polar surface area (TPSA) is 162 Å². The highest BCUT2D eigenvalue weighted by atomic mass is 35.5. The number of amides is 2. The molecule has 0 aliphatic carbocycles. The standard InChI is InChI=1S/C22H28ClFN2O4SSi.C16H14ClFN2O4S/c1-22(2,3)32(4,5)30-12-11-26-14-17-16(7-6-8-20(17)31(26,28)29)21(27)25-15-9-10-19(24)18(23)13-15;17-13-8-10(4-5-14(13)18)19-16(22)11-2-1-3-15-12(11)9-20(6-7-21)25(15,23)24/h6-10,13H,11-12,14H2,1-5H3,(H,25,27);1-5,8,21H,6-7,9H2,(H,19,22). The summed E-state index contributed by atoms with van der Waals surface area (Å²) in [5.74, 6) is -2.21. The van der Waals surface area contributed by atoms with Gasteiger partial charge in [0.2, 0.25) is 20.0 Å². The van der Waals surface area contributed by atoms with Crippen molar-refractivity contribution in [3.8, 4) is 0 Å². The van der Waals surface area contributed by atoms with Crippen molar-refractivity contribution in [3.63, 3.8) is 0 Å². The van der Waals surface area contributed by atoms with E-state index in [-0.39, 0.29) is 68.8 Å². The second-order valence-corrected chi connectivity index (χ2v) is 24.2. The molecule has 0 atom stereocenters. The molecule has 4 aromatic rings. The molecule has 12 nitrogen and oxygen atoms in total. The minimum Gasteiger partial charge on any atom is -0.415 e. The highest BCUT2D eigenvalue weighted by Crippen LogP contribution is 2.38. The maximum atomic E-state index is 13.4. The van der Waals surface area contributed by atoms with Gasteiger partial charge in [-0.15, -0.1) is 0 Å². The van der Waals surface area contributed by atoms with E-state index < -0.39 is 51.8 Å². The molecule has 6 rings (SSSR count). The van der Waals surface area contributed by atoms with Crippen molar-refractivity contribution < 1.29 is 44.7 Å². The first kappa shape index (κ1) is 44.3. The van der Waals surface area contributed by atoms with Crippen LogP contribution in [0.3, 0.4) is 0 Å². The lowest BCUT2D eigenvalue weighted by atomic mass is 10.1. The number of nitrogens with zero attached hydrogens (tertiary/aromatic N) is 2. The number of benzene rings is 4. The van der Waals surface area contributed by atoms with Crippen LogP contribution in [-0.4, -0.2) is 77.0 Å². The number of anilines is 2. The van der Waals surface area contributed by atoms with Crippen LogP contribution in [-0.2, 0) is 37.6 Å². The fourth-order valence-corrected chi connectivity index (χ4v) is 10.5. The van der Waals surface area contributed by atoms with E-state index in [9.17, 15) is 35.2 Å². The highest BCUT2D eigenvalue weighted by molar-refractivity contribution is 7.89. The van der Waals surface area contributed by atoms with Crippen molar-refractivity contribution in [2.75, 3.05) is 36.9 Å². The molecule has 306 valence electrons. The zero-order chi connectivity index (χ0) is 42.1. The molecular formula is C38H42Cl2F2N4O8S2Si. The van der Waals surface area contributed by atoms with Crippen molar-refractivity contribution in [2.24, 2.45) is 0 Å². The van der Waals surface area contributed by atoms with E-state index in [0.29, 0.717) is 29.1 Å². The number of β-amino-alcohol motifs (C(OH)–C–C–N with tert-alkyl or cyclic N) is 1. The van der Waals surface area contributed by atoms with Crippen LogP contribution < -0.4 is 10.6 Å². The average Bonchev–Trinajstić information content (AvgIpc) is 3.54. The van der Waals surface area contributed by atoms with Gasteiger partial charge in [-0.05, 0) is 78.8 Å². The van der Waals surface area contributed by atoms with Crippen LogP contribution in [0.1, 0.15) is 52.6 Å². The Morgan fingerprint density at radius 2 is 1.18 bits per heavy atom. The first-order valence-electron chi connectivity index (χ1n) is 17.6. The summed E-state index contributed by atoms with van der Waals surface area (Å²) >= 11 is 11.5. The lowest BCUT2D eigenvalue weighted by Crippen LogP contribution is -2.42. The third-order valence-corrected chi connectivity index (χ3v) is 19.0. The van der Waals surface area contributed by atoms with E-state index in [0.717, 1.165) is 16.4 Å². The van der Waals surface area contributed by atoms with Gasteiger partial charge < -0.3 is 20.2 Å². The third kappa shape index (κ3) is 9.58. The number of nitrogens with one attached hydrogen (secondary N) is 2. The smallest absolute Gasteiger partial charge is 0.256 e. The summed E-state index contributed by atoms with van der Waals surface area (Å²) in [5.41, 5.74) is 1.86. The van der Waals surface area contributed by atoms with Gasteiger partial charge in [0.1, 0.15) is 11.6 Å². The molecule has 0 saturated heterocycles. The summed E-state index contributed by atoms with van der Waals surface area (Å²) < 4.78 is 86.1. The predicted molar refractivity (Wildman–Crippen MR) is 217 cm³/mol. The number of hydrogen-bond donors (Lipinski definition) is 3. The molecule has 2 aliphatic heterocycles. The van der Waals surface area contributed by atoms with Crippen molar-refractivity contribution in [2.45, 2.75) is 61.8 Å². The number of carbonyl (C=O) groups excluding carboxylic acids is 2. The van der Waals surface area contributed by atoms with E-state index in [4.69, 9.17) is 32.7 Å². The van der Waals surface area contributed by atoms with E-state index in [1.807, 2.05) is 0 Å². The number of fused-ring (bicyclic) bond motifs is 2. The van der Waals surface area contributed by atoms with Crippen molar-refractivity contribution in [1.82, 2.24) is 8.61 Å². The van der Waals surface area contributed by atoms with Gasteiger partial charge in [0.15, 0.2) is 8.32 Å². The monoisotopic (exact) mass is 882 g/mol. The van der Waals surface area contributed by atoms with Crippen LogP contribution in [0, 0.1) is 11.6 Å². The first-order chi connectivity index (χ1) is 26.6. The Kier molecular flexibility index (Phi) is 13.4. The number of halogens is 4. The van der Waals surface area contributed by atoms with Crippen LogP contribution >= 0.6 is 23.2 Å². The van der Waals surface area contributed by atoms with Crippen molar-refractivity contribution in [3.05, 3.63) is 117 Å². The minimum absolute atomic E-state index is 0.00595. The molecule has 3 N–H and O–H groups in total. The van der Waals surface area contributed by atoms with E-state index in [2.05, 4.69) is 44.5 Å². The van der Waals surface area contributed by atoms with Crippen molar-refractivity contribution >= 4 is 74.8 Å². The molecule has 0 spiro atoms. The summed E-state index contributed by atoms with van der Waals surface area (Å²) in [6.07, 6.45) is 0. The SMILES string of the molecule is CC(C)(C)[Si](C)(C)OCCN1Cc2c(C(=O)Nc3ccc(F)c(Cl)c3)cccc2S1(=O)=O.O=C(Nc1ccc(F)c(Cl)c1)c1cccc2c1CN(CCO)S2(=O)=O. The molecule has 0 bridgehead atoms. The number of rotatable bonds is 10. The predicted octanol–water partition coefficient (Wildman–Crippen LogP) is 7.49. The Hall–Kier alpha value is -3.78. The molecule has 2 amide bonds. The molecule has 0 unspecified atom stereocenters. The fourth-order valence-electron chi connectivity index (χ4n) is 5.84. The van der Waals surface area contributed by atoms with Gasteiger partial charge in [-0.25, -0.2) is 25.6 Å². The van der Waals surface area contributed by atoms with Crippen LogP contribution in [0.25, 0.3) is 0 Å². The molecule has 0 aromatic heterocycles. The number of sulfonamides is 2. The second kappa shape index (κ2) is 17.2. The molecule has 4 aromatic carbocycles. The van der Waals surface area contributed by atoms with Crippen LogP contribution in [0.15, 0.2) is 82.6 Å². The molecule has 2 heterocycles. The molecule has 19 heteroatoms. The summed E-state index contributed by atoms with van der Waals surface area (Å²) in [4.78, 5) is 25.6. The maximum Gasteiger partial charge on any atom is 0.256 e.